The van der Waals surface area contributed by atoms with Crippen LogP contribution < -0.4 is 15.5 Å². The Hall–Kier alpha value is -3.13. The minimum absolute atomic E-state index is 0.0774. The van der Waals surface area contributed by atoms with E-state index in [1.165, 1.54) is 30.5 Å². The van der Waals surface area contributed by atoms with E-state index in [1.54, 1.807) is 29.2 Å². The average Bonchev–Trinajstić information content (AvgIpc) is 2.74. The van der Waals surface area contributed by atoms with Gasteiger partial charge in [-0.15, -0.1) is 0 Å². The van der Waals surface area contributed by atoms with Crippen LogP contribution in [0.3, 0.4) is 0 Å². The molecule has 0 bridgehead atoms. The number of pyridine rings is 1. The first-order valence-electron chi connectivity index (χ1n) is 9.04. The second-order valence-electron chi connectivity index (χ2n) is 6.41. The molecular formula is C21H22N4O3S. The number of aryl methyl sites for hydroxylation is 1. The number of nitrogens with zero attached hydrogens (tertiary/aromatic N) is 3. The van der Waals surface area contributed by atoms with Gasteiger partial charge < -0.3 is 14.6 Å². The fourth-order valence-electron chi connectivity index (χ4n) is 2.63. The highest BCUT2D eigenvalue weighted by atomic mass is 32.2. The maximum atomic E-state index is 12.5. The second kappa shape index (κ2) is 9.88. The van der Waals surface area contributed by atoms with Crippen LogP contribution in [0.4, 0.5) is 0 Å². The van der Waals surface area contributed by atoms with Crippen molar-refractivity contribution in [2.24, 2.45) is 0 Å². The van der Waals surface area contributed by atoms with Crippen molar-refractivity contribution in [3.8, 4) is 5.75 Å². The molecule has 0 unspecified atom stereocenters. The number of amides is 1. The highest BCUT2D eigenvalue weighted by molar-refractivity contribution is 7.98. The number of methoxy groups -OCH3 is 1. The molecule has 7 nitrogen and oxygen atoms in total. The lowest BCUT2D eigenvalue weighted by Gasteiger charge is -2.14. The van der Waals surface area contributed by atoms with E-state index in [0.29, 0.717) is 23.1 Å². The summed E-state index contributed by atoms with van der Waals surface area (Å²) in [5, 5.41) is 3.51. The Morgan fingerprint density at radius 3 is 2.62 bits per heavy atom. The molecule has 29 heavy (non-hydrogen) atoms. The van der Waals surface area contributed by atoms with Crippen molar-refractivity contribution in [3.63, 3.8) is 0 Å². The van der Waals surface area contributed by atoms with Gasteiger partial charge in [-0.25, -0.2) is 9.97 Å². The predicted octanol–water partition coefficient (Wildman–Crippen LogP) is 2.56. The molecule has 1 aromatic carbocycles. The summed E-state index contributed by atoms with van der Waals surface area (Å²) >= 11 is 1.39. The van der Waals surface area contributed by atoms with Gasteiger partial charge in [0.2, 0.25) is 11.3 Å². The monoisotopic (exact) mass is 410 g/mol. The Morgan fingerprint density at radius 1 is 1.21 bits per heavy atom. The van der Waals surface area contributed by atoms with E-state index in [9.17, 15) is 9.59 Å². The van der Waals surface area contributed by atoms with Crippen LogP contribution in [-0.2, 0) is 23.6 Å². The molecule has 3 aromatic rings. The minimum Gasteiger partial charge on any atom is -0.491 e. The molecule has 0 fully saturated rings. The van der Waals surface area contributed by atoms with Crippen molar-refractivity contribution >= 4 is 17.7 Å². The summed E-state index contributed by atoms with van der Waals surface area (Å²) in [5.74, 6) is 0.494. The summed E-state index contributed by atoms with van der Waals surface area (Å²) in [6, 6.07) is 11.2. The van der Waals surface area contributed by atoms with E-state index < -0.39 is 0 Å². The Bertz CT molecular complexity index is 1020. The van der Waals surface area contributed by atoms with Crippen LogP contribution in [0.25, 0.3) is 0 Å². The Kier molecular flexibility index (Phi) is 7.02. The number of aromatic nitrogens is 3. The molecule has 2 heterocycles. The van der Waals surface area contributed by atoms with E-state index in [-0.39, 0.29) is 23.6 Å². The van der Waals surface area contributed by atoms with Crippen molar-refractivity contribution in [1.29, 1.82) is 0 Å². The summed E-state index contributed by atoms with van der Waals surface area (Å²) in [5.41, 5.74) is 2.66. The fraction of sp³-hybridized carbons (Fsp3) is 0.238. The maximum absolute atomic E-state index is 12.5. The van der Waals surface area contributed by atoms with E-state index >= 15 is 0 Å². The average molecular weight is 410 g/mol. The van der Waals surface area contributed by atoms with E-state index in [0.717, 1.165) is 5.56 Å². The fourth-order valence-corrected chi connectivity index (χ4v) is 3.43. The molecule has 150 valence electrons. The van der Waals surface area contributed by atoms with Crippen molar-refractivity contribution in [2.75, 3.05) is 7.11 Å². The lowest BCUT2D eigenvalue weighted by molar-refractivity contribution is -0.121. The molecule has 2 aromatic heterocycles. The summed E-state index contributed by atoms with van der Waals surface area (Å²) in [6.45, 7) is 2.54. The summed E-state index contributed by atoms with van der Waals surface area (Å²) in [6.07, 6.45) is 4.89. The molecule has 0 aliphatic heterocycles. The number of benzene rings is 1. The second-order valence-corrected chi connectivity index (χ2v) is 7.35. The number of rotatable bonds is 8. The smallest absolute Gasteiger partial charge is 0.240 e. The van der Waals surface area contributed by atoms with Gasteiger partial charge in [-0.1, -0.05) is 41.6 Å². The predicted molar refractivity (Wildman–Crippen MR) is 112 cm³/mol. The van der Waals surface area contributed by atoms with Gasteiger partial charge in [0, 0.05) is 36.5 Å². The van der Waals surface area contributed by atoms with Crippen molar-refractivity contribution in [1.82, 2.24) is 19.9 Å². The molecule has 0 spiro atoms. The largest absolute Gasteiger partial charge is 0.491 e. The van der Waals surface area contributed by atoms with Gasteiger partial charge in [0.1, 0.15) is 6.54 Å². The lowest BCUT2D eigenvalue weighted by atomic mass is 10.1. The van der Waals surface area contributed by atoms with Gasteiger partial charge in [-0.2, -0.15) is 0 Å². The number of nitrogens with one attached hydrogen (secondary N) is 1. The van der Waals surface area contributed by atoms with E-state index in [1.807, 2.05) is 31.2 Å². The number of thioether (sulfide) groups is 1. The zero-order valence-corrected chi connectivity index (χ0v) is 17.1. The first kappa shape index (κ1) is 20.6. The molecule has 0 saturated carbocycles. The third kappa shape index (κ3) is 5.92. The normalized spacial score (nSPS) is 10.6. The van der Waals surface area contributed by atoms with Crippen molar-refractivity contribution < 1.29 is 9.53 Å². The number of ether oxygens (including phenoxy) is 1. The van der Waals surface area contributed by atoms with Crippen molar-refractivity contribution in [3.05, 3.63) is 82.0 Å². The molecule has 0 saturated heterocycles. The standard InChI is InChI=1S/C21H22N4O3S/c1-15-4-6-16(7-5-15)11-24-20(27)13-25-12-19(28-2)18(26)10-17(25)14-29-21-22-8-3-9-23-21/h3-10,12H,11,13-14H2,1-2H3,(H,24,27). The molecule has 1 N–H and O–H groups in total. The molecule has 0 aliphatic rings. The van der Waals surface area contributed by atoms with E-state index in [4.69, 9.17) is 4.74 Å². The number of carbonyl (C=O) groups excluding carboxylic acids is 1. The molecule has 0 atom stereocenters. The van der Waals surface area contributed by atoms with Gasteiger partial charge in [0.25, 0.3) is 0 Å². The van der Waals surface area contributed by atoms with Gasteiger partial charge in [-0.3, -0.25) is 9.59 Å². The molecular weight excluding hydrogens is 388 g/mol. The summed E-state index contributed by atoms with van der Waals surface area (Å²) in [4.78, 5) is 33.0. The number of hydrogen-bond acceptors (Lipinski definition) is 6. The van der Waals surface area contributed by atoms with Gasteiger partial charge in [-0.05, 0) is 18.6 Å². The summed E-state index contributed by atoms with van der Waals surface area (Å²) in [7, 11) is 1.44. The van der Waals surface area contributed by atoms with Gasteiger partial charge in [0.05, 0.1) is 13.3 Å². The first-order valence-corrected chi connectivity index (χ1v) is 10.0. The van der Waals surface area contributed by atoms with Crippen LogP contribution in [0.5, 0.6) is 5.75 Å². The van der Waals surface area contributed by atoms with Crippen LogP contribution in [0, 0.1) is 6.92 Å². The number of hydrogen-bond donors (Lipinski definition) is 1. The van der Waals surface area contributed by atoms with Crippen LogP contribution in [0.15, 0.2) is 64.9 Å². The van der Waals surface area contributed by atoms with Crippen LogP contribution >= 0.6 is 11.8 Å². The van der Waals surface area contributed by atoms with Crippen molar-refractivity contribution in [2.45, 2.75) is 30.9 Å². The highest BCUT2D eigenvalue weighted by Gasteiger charge is 2.12. The summed E-state index contributed by atoms with van der Waals surface area (Å²) < 4.78 is 6.85. The molecule has 1 amide bonds. The van der Waals surface area contributed by atoms with Crippen LogP contribution in [-0.4, -0.2) is 27.6 Å². The molecule has 8 heteroatoms. The lowest BCUT2D eigenvalue weighted by Crippen LogP contribution is -2.28. The number of carbonyl (C=O) groups is 1. The Morgan fingerprint density at radius 2 is 1.93 bits per heavy atom. The maximum Gasteiger partial charge on any atom is 0.240 e. The minimum atomic E-state index is -0.228. The molecule has 0 radical (unpaired) electrons. The van der Waals surface area contributed by atoms with Gasteiger partial charge >= 0.3 is 0 Å². The topological polar surface area (TPSA) is 86.1 Å². The third-order valence-corrected chi connectivity index (χ3v) is 5.13. The zero-order chi connectivity index (χ0) is 20.6. The van der Waals surface area contributed by atoms with Crippen LogP contribution in [0.2, 0.25) is 0 Å². The first-order chi connectivity index (χ1) is 14.0. The quantitative estimate of drug-likeness (QED) is 0.454. The Balaban J connectivity index is 1.70. The Labute approximate surface area is 173 Å². The SMILES string of the molecule is COc1cn(CC(=O)NCc2ccc(C)cc2)c(CSc2ncccn2)cc1=O. The van der Waals surface area contributed by atoms with Crippen LogP contribution in [0.1, 0.15) is 16.8 Å². The van der Waals surface area contributed by atoms with Gasteiger partial charge in [0.15, 0.2) is 10.9 Å². The highest BCUT2D eigenvalue weighted by Crippen LogP contribution is 2.19. The third-order valence-electron chi connectivity index (χ3n) is 4.22. The van der Waals surface area contributed by atoms with E-state index in [2.05, 4.69) is 15.3 Å². The zero-order valence-electron chi connectivity index (χ0n) is 16.3. The molecule has 0 aliphatic carbocycles. The molecule has 3 rings (SSSR count).